The Kier molecular flexibility index (Phi) is 8.06. The molecule has 0 fully saturated rings. The first-order valence-electron chi connectivity index (χ1n) is 8.79. The second-order valence-corrected chi connectivity index (χ2v) is 6.87. The minimum absolute atomic E-state index is 0.228. The second kappa shape index (κ2) is 10.3. The lowest BCUT2D eigenvalue weighted by Gasteiger charge is -2.26. The van der Waals surface area contributed by atoms with E-state index in [0.717, 1.165) is 17.7 Å². The molecule has 2 aromatic rings. The summed E-state index contributed by atoms with van der Waals surface area (Å²) in [6.07, 6.45) is -0.553. The van der Waals surface area contributed by atoms with Crippen LogP contribution in [-0.4, -0.2) is 35.8 Å². The van der Waals surface area contributed by atoms with Gasteiger partial charge in [-0.3, -0.25) is 4.90 Å². The van der Waals surface area contributed by atoms with Crippen LogP contribution in [0, 0.1) is 11.7 Å². The Morgan fingerprint density at radius 1 is 0.960 bits per heavy atom. The second-order valence-electron chi connectivity index (χ2n) is 6.87. The largest absolute Gasteiger partial charge is 0.389 e. The van der Waals surface area contributed by atoms with Crippen molar-refractivity contribution in [3.8, 4) is 0 Å². The summed E-state index contributed by atoms with van der Waals surface area (Å²) in [7, 11) is 0. The topological polar surface area (TPSA) is 32.7 Å². The molecule has 0 radical (unpaired) electrons. The number of benzene rings is 2. The van der Waals surface area contributed by atoms with Gasteiger partial charge in [-0.05, 0) is 29.2 Å². The van der Waals surface area contributed by atoms with Crippen molar-refractivity contribution in [3.63, 3.8) is 0 Å². The van der Waals surface area contributed by atoms with Gasteiger partial charge in [0.05, 0.1) is 19.3 Å². The molecule has 0 aromatic heterocycles. The number of halogens is 1. The fourth-order valence-electron chi connectivity index (χ4n) is 2.81. The van der Waals surface area contributed by atoms with Crippen molar-refractivity contribution < 1.29 is 14.2 Å². The van der Waals surface area contributed by atoms with E-state index in [1.165, 1.54) is 12.1 Å². The van der Waals surface area contributed by atoms with E-state index in [1.807, 2.05) is 30.3 Å². The van der Waals surface area contributed by atoms with Crippen molar-refractivity contribution in [2.75, 3.05) is 19.7 Å². The van der Waals surface area contributed by atoms with Crippen molar-refractivity contribution in [2.45, 2.75) is 33.1 Å². The van der Waals surface area contributed by atoms with Gasteiger partial charge in [-0.1, -0.05) is 56.3 Å². The van der Waals surface area contributed by atoms with E-state index in [0.29, 0.717) is 32.2 Å². The van der Waals surface area contributed by atoms with Gasteiger partial charge < -0.3 is 9.84 Å². The third-order valence-corrected chi connectivity index (χ3v) is 3.83. The molecule has 136 valence electrons. The molecule has 2 aromatic carbocycles. The molecule has 2 rings (SSSR count). The van der Waals surface area contributed by atoms with E-state index < -0.39 is 6.10 Å². The molecule has 0 spiro atoms. The number of hydrogen-bond acceptors (Lipinski definition) is 3. The lowest BCUT2D eigenvalue weighted by Crippen LogP contribution is -2.36. The molecule has 0 aliphatic carbocycles. The van der Waals surface area contributed by atoms with Gasteiger partial charge in [-0.2, -0.15) is 0 Å². The Balaban J connectivity index is 1.81. The first kappa shape index (κ1) is 19.6. The Bertz CT molecular complexity index is 601. The van der Waals surface area contributed by atoms with Gasteiger partial charge in [0.25, 0.3) is 0 Å². The molecule has 0 saturated carbocycles. The number of nitrogens with zero attached hydrogens (tertiary/aromatic N) is 1. The highest BCUT2D eigenvalue weighted by molar-refractivity contribution is 5.16. The van der Waals surface area contributed by atoms with Crippen molar-refractivity contribution in [1.82, 2.24) is 4.90 Å². The summed E-state index contributed by atoms with van der Waals surface area (Å²) in [6.45, 7) is 7.19. The fraction of sp³-hybridized carbons (Fsp3) is 0.429. The number of rotatable bonds is 10. The highest BCUT2D eigenvalue weighted by Crippen LogP contribution is 2.10. The van der Waals surface area contributed by atoms with Gasteiger partial charge in [0.2, 0.25) is 0 Å². The third kappa shape index (κ3) is 7.78. The standard InChI is InChI=1S/C21H28FNO2/c1-17(2)12-23(13-18-8-10-20(22)11-9-18)14-21(24)16-25-15-19-6-4-3-5-7-19/h3-11,17,21,24H,12-16H2,1-2H3/t21-/m0/s1. The SMILES string of the molecule is CC(C)CN(Cc1ccc(F)cc1)C[C@H](O)COCc1ccccc1. The molecule has 4 heteroatoms. The summed E-state index contributed by atoms with van der Waals surface area (Å²) in [6, 6.07) is 16.5. The molecule has 0 aliphatic rings. The molecule has 3 nitrogen and oxygen atoms in total. The van der Waals surface area contributed by atoms with Crippen molar-refractivity contribution >= 4 is 0 Å². The first-order chi connectivity index (χ1) is 12.0. The highest BCUT2D eigenvalue weighted by atomic mass is 19.1. The van der Waals surface area contributed by atoms with E-state index in [1.54, 1.807) is 12.1 Å². The summed E-state index contributed by atoms with van der Waals surface area (Å²) in [5.74, 6) is 0.256. The Morgan fingerprint density at radius 2 is 1.64 bits per heavy atom. The summed E-state index contributed by atoms with van der Waals surface area (Å²) in [4.78, 5) is 2.19. The maximum atomic E-state index is 13.1. The van der Waals surface area contributed by atoms with Gasteiger partial charge in [-0.15, -0.1) is 0 Å². The van der Waals surface area contributed by atoms with Crippen molar-refractivity contribution in [3.05, 3.63) is 71.5 Å². The van der Waals surface area contributed by atoms with E-state index >= 15 is 0 Å². The minimum Gasteiger partial charge on any atom is -0.389 e. The average molecular weight is 345 g/mol. The Labute approximate surface area is 150 Å². The quantitative estimate of drug-likeness (QED) is 0.710. The lowest BCUT2D eigenvalue weighted by molar-refractivity contribution is 0.00678. The average Bonchev–Trinajstić information content (AvgIpc) is 2.57. The maximum absolute atomic E-state index is 13.1. The number of aliphatic hydroxyl groups is 1. The van der Waals surface area contributed by atoms with Crippen molar-refractivity contribution in [1.29, 1.82) is 0 Å². The molecule has 0 unspecified atom stereocenters. The zero-order chi connectivity index (χ0) is 18.1. The zero-order valence-corrected chi connectivity index (χ0v) is 15.1. The molecule has 0 amide bonds. The monoisotopic (exact) mass is 345 g/mol. The minimum atomic E-state index is -0.553. The third-order valence-electron chi connectivity index (χ3n) is 3.83. The van der Waals surface area contributed by atoms with Gasteiger partial charge in [0, 0.05) is 19.6 Å². The van der Waals surface area contributed by atoms with Gasteiger partial charge in [0.1, 0.15) is 5.82 Å². The van der Waals surface area contributed by atoms with Crippen LogP contribution in [0.1, 0.15) is 25.0 Å². The van der Waals surface area contributed by atoms with Crippen LogP contribution in [0.3, 0.4) is 0 Å². The predicted molar refractivity (Wildman–Crippen MR) is 98.6 cm³/mol. The Hall–Kier alpha value is -1.75. The number of ether oxygens (including phenoxy) is 1. The smallest absolute Gasteiger partial charge is 0.123 e. The first-order valence-corrected chi connectivity index (χ1v) is 8.79. The summed E-state index contributed by atoms with van der Waals surface area (Å²) >= 11 is 0. The van der Waals surface area contributed by atoms with Crippen LogP contribution in [0.2, 0.25) is 0 Å². The molecule has 0 heterocycles. The van der Waals surface area contributed by atoms with Crippen LogP contribution in [-0.2, 0) is 17.9 Å². The van der Waals surface area contributed by atoms with Gasteiger partial charge >= 0.3 is 0 Å². The normalized spacial score (nSPS) is 12.7. The van der Waals surface area contributed by atoms with Crippen LogP contribution in [0.25, 0.3) is 0 Å². The van der Waals surface area contributed by atoms with Gasteiger partial charge in [0.15, 0.2) is 0 Å². The van der Waals surface area contributed by atoms with Crippen LogP contribution >= 0.6 is 0 Å². The van der Waals surface area contributed by atoms with Crippen LogP contribution in [0.4, 0.5) is 4.39 Å². The molecule has 0 aliphatic heterocycles. The Morgan fingerprint density at radius 3 is 2.28 bits per heavy atom. The molecular weight excluding hydrogens is 317 g/mol. The van der Waals surface area contributed by atoms with Crippen LogP contribution in [0.5, 0.6) is 0 Å². The lowest BCUT2D eigenvalue weighted by atomic mass is 10.1. The molecule has 0 saturated heterocycles. The molecule has 1 N–H and O–H groups in total. The van der Waals surface area contributed by atoms with Crippen molar-refractivity contribution in [2.24, 2.45) is 5.92 Å². The van der Waals surface area contributed by atoms with E-state index in [4.69, 9.17) is 4.74 Å². The van der Waals surface area contributed by atoms with Crippen LogP contribution in [0.15, 0.2) is 54.6 Å². The summed E-state index contributed by atoms with van der Waals surface area (Å²) < 4.78 is 18.7. The number of aliphatic hydroxyl groups excluding tert-OH is 1. The summed E-state index contributed by atoms with van der Waals surface area (Å²) in [5.41, 5.74) is 2.14. The van der Waals surface area contributed by atoms with Crippen LogP contribution < -0.4 is 0 Å². The van der Waals surface area contributed by atoms with E-state index in [-0.39, 0.29) is 5.82 Å². The molecule has 0 bridgehead atoms. The number of hydrogen-bond donors (Lipinski definition) is 1. The zero-order valence-electron chi connectivity index (χ0n) is 15.1. The van der Waals surface area contributed by atoms with Gasteiger partial charge in [-0.25, -0.2) is 4.39 Å². The summed E-state index contributed by atoms with van der Waals surface area (Å²) in [5, 5.41) is 10.3. The molecule has 25 heavy (non-hydrogen) atoms. The highest BCUT2D eigenvalue weighted by Gasteiger charge is 2.14. The molecule has 1 atom stereocenters. The predicted octanol–water partition coefficient (Wildman–Crippen LogP) is 3.86. The van der Waals surface area contributed by atoms with E-state index in [2.05, 4.69) is 18.7 Å². The maximum Gasteiger partial charge on any atom is 0.123 e. The van der Waals surface area contributed by atoms with E-state index in [9.17, 15) is 9.50 Å². The molecular formula is C21H28FNO2. The fourth-order valence-corrected chi connectivity index (χ4v) is 2.81.